The largest absolute Gasteiger partial charge is 0.493 e. The Morgan fingerprint density at radius 3 is 2.67 bits per heavy atom. The van der Waals surface area contributed by atoms with Gasteiger partial charge in [0.15, 0.2) is 17.1 Å². The van der Waals surface area contributed by atoms with Crippen LogP contribution < -0.4 is 15.4 Å². The molecule has 2 heterocycles. The van der Waals surface area contributed by atoms with Gasteiger partial charge in [0.2, 0.25) is 0 Å². The molecule has 0 fully saturated rings. The van der Waals surface area contributed by atoms with Crippen molar-refractivity contribution in [2.75, 3.05) is 19.0 Å². The molecule has 0 aliphatic heterocycles. The zero-order valence-electron chi connectivity index (χ0n) is 16.7. The Bertz CT molecular complexity index is 1120. The maximum atomic E-state index is 12.6. The second-order valence-corrected chi connectivity index (χ2v) is 6.85. The molecular weight excluding hydrogens is 378 g/mol. The molecule has 0 unspecified atom stereocenters. The Labute approximate surface area is 174 Å². The predicted molar refractivity (Wildman–Crippen MR) is 117 cm³/mol. The van der Waals surface area contributed by atoms with Crippen molar-refractivity contribution >= 4 is 22.6 Å². The number of pyridine rings is 1. The number of fused-ring (bicyclic) bond motifs is 1. The number of nitrogens with one attached hydrogen (secondary N) is 2. The number of carbonyl (C=O) groups excluding carboxylic acids is 1. The molecule has 4 rings (SSSR count). The average Bonchev–Trinajstić information content (AvgIpc) is 3.24. The Kier molecular flexibility index (Phi) is 6.06. The molecule has 2 N–H and O–H groups in total. The summed E-state index contributed by atoms with van der Waals surface area (Å²) in [6.45, 7) is 1.44. The molecule has 6 heteroatoms. The Morgan fingerprint density at radius 2 is 1.90 bits per heavy atom. The number of carbonyl (C=O) groups is 1. The molecule has 0 spiro atoms. The summed E-state index contributed by atoms with van der Waals surface area (Å²) in [6.07, 6.45) is 2.64. The number of hydrogen-bond acceptors (Lipinski definition) is 5. The number of para-hydroxylation sites is 1. The van der Waals surface area contributed by atoms with Crippen LogP contribution in [0.15, 0.2) is 77.3 Å². The van der Waals surface area contributed by atoms with Gasteiger partial charge in [-0.1, -0.05) is 30.3 Å². The van der Waals surface area contributed by atoms with Gasteiger partial charge in [0.25, 0.3) is 5.91 Å². The van der Waals surface area contributed by atoms with Crippen LogP contribution in [0.4, 0.5) is 5.69 Å². The summed E-state index contributed by atoms with van der Waals surface area (Å²) in [4.78, 5) is 17.0. The Hall–Kier alpha value is -3.64. The first-order valence-corrected chi connectivity index (χ1v) is 9.81. The van der Waals surface area contributed by atoms with E-state index >= 15 is 0 Å². The summed E-state index contributed by atoms with van der Waals surface area (Å²) in [5.74, 6) is 0.544. The molecule has 2 aromatic heterocycles. The van der Waals surface area contributed by atoms with Crippen molar-refractivity contribution in [3.05, 3.63) is 89.9 Å². The van der Waals surface area contributed by atoms with Crippen LogP contribution in [-0.4, -0.2) is 24.5 Å². The second kappa shape index (κ2) is 9.24. The fourth-order valence-electron chi connectivity index (χ4n) is 3.28. The van der Waals surface area contributed by atoms with Crippen molar-refractivity contribution in [1.82, 2.24) is 10.3 Å². The van der Waals surface area contributed by atoms with Gasteiger partial charge in [-0.15, -0.1) is 0 Å². The molecule has 2 aromatic carbocycles. The van der Waals surface area contributed by atoms with Gasteiger partial charge in [-0.25, -0.2) is 0 Å². The van der Waals surface area contributed by atoms with Crippen LogP contribution in [0.3, 0.4) is 0 Å². The van der Waals surface area contributed by atoms with E-state index in [0.29, 0.717) is 23.6 Å². The molecule has 0 saturated carbocycles. The summed E-state index contributed by atoms with van der Waals surface area (Å²) in [5.41, 5.74) is 3.37. The monoisotopic (exact) mass is 401 g/mol. The summed E-state index contributed by atoms with van der Waals surface area (Å²) in [6, 6.07) is 20.8. The van der Waals surface area contributed by atoms with Gasteiger partial charge >= 0.3 is 0 Å². The third kappa shape index (κ3) is 4.50. The highest BCUT2D eigenvalue weighted by molar-refractivity contribution is 6.05. The minimum absolute atomic E-state index is 0.244. The highest BCUT2D eigenvalue weighted by Gasteiger charge is 2.17. The van der Waals surface area contributed by atoms with E-state index in [1.807, 2.05) is 60.7 Å². The normalized spacial score (nSPS) is 10.8. The van der Waals surface area contributed by atoms with Crippen molar-refractivity contribution in [2.45, 2.75) is 13.0 Å². The number of methoxy groups -OCH3 is 1. The average molecular weight is 401 g/mol. The topological polar surface area (TPSA) is 76.4 Å². The number of hydrogen-bond donors (Lipinski definition) is 2. The molecular formula is C24H23N3O3. The predicted octanol–water partition coefficient (Wildman–Crippen LogP) is 4.42. The SMILES string of the molecule is COc1ccc(CNCCc2ccccn2)c2cc(C(=O)Nc3ccccc3)oc12. The van der Waals surface area contributed by atoms with Gasteiger partial charge < -0.3 is 19.8 Å². The van der Waals surface area contributed by atoms with Crippen molar-refractivity contribution < 1.29 is 13.9 Å². The van der Waals surface area contributed by atoms with Crippen molar-refractivity contribution in [2.24, 2.45) is 0 Å². The van der Waals surface area contributed by atoms with E-state index in [2.05, 4.69) is 15.6 Å². The van der Waals surface area contributed by atoms with E-state index in [9.17, 15) is 4.79 Å². The number of furan rings is 1. The van der Waals surface area contributed by atoms with E-state index in [1.54, 1.807) is 19.4 Å². The smallest absolute Gasteiger partial charge is 0.291 e. The van der Waals surface area contributed by atoms with Gasteiger partial charge in [0, 0.05) is 42.5 Å². The van der Waals surface area contributed by atoms with Crippen LogP contribution in [0.25, 0.3) is 11.0 Å². The second-order valence-electron chi connectivity index (χ2n) is 6.85. The fourth-order valence-corrected chi connectivity index (χ4v) is 3.28. The molecule has 0 saturated heterocycles. The maximum Gasteiger partial charge on any atom is 0.291 e. The van der Waals surface area contributed by atoms with Crippen LogP contribution in [0.1, 0.15) is 21.8 Å². The lowest BCUT2D eigenvalue weighted by Gasteiger charge is -2.07. The quantitative estimate of drug-likeness (QED) is 0.428. The Morgan fingerprint density at radius 1 is 1.07 bits per heavy atom. The number of benzene rings is 2. The first kappa shape index (κ1) is 19.7. The van der Waals surface area contributed by atoms with Crippen molar-refractivity contribution in [3.8, 4) is 5.75 Å². The number of rotatable bonds is 8. The molecule has 152 valence electrons. The molecule has 0 radical (unpaired) electrons. The molecule has 6 nitrogen and oxygen atoms in total. The number of anilines is 1. The first-order valence-electron chi connectivity index (χ1n) is 9.81. The summed E-state index contributed by atoms with van der Waals surface area (Å²) < 4.78 is 11.3. The minimum atomic E-state index is -0.298. The molecule has 4 aromatic rings. The van der Waals surface area contributed by atoms with Crippen LogP contribution >= 0.6 is 0 Å². The summed E-state index contributed by atoms with van der Waals surface area (Å²) >= 11 is 0. The zero-order valence-corrected chi connectivity index (χ0v) is 16.7. The van der Waals surface area contributed by atoms with Gasteiger partial charge in [0.1, 0.15) is 0 Å². The highest BCUT2D eigenvalue weighted by atomic mass is 16.5. The van der Waals surface area contributed by atoms with Crippen molar-refractivity contribution in [3.63, 3.8) is 0 Å². The van der Waals surface area contributed by atoms with Gasteiger partial charge in [-0.2, -0.15) is 0 Å². The van der Waals surface area contributed by atoms with Crippen LogP contribution in [0.2, 0.25) is 0 Å². The molecule has 1 amide bonds. The Balaban J connectivity index is 1.50. The molecule has 0 aliphatic carbocycles. The fraction of sp³-hybridized carbons (Fsp3) is 0.167. The number of ether oxygens (including phenoxy) is 1. The number of aromatic nitrogens is 1. The number of amides is 1. The lowest BCUT2D eigenvalue weighted by molar-refractivity contribution is 0.0998. The van der Waals surface area contributed by atoms with E-state index < -0.39 is 0 Å². The summed E-state index contributed by atoms with van der Waals surface area (Å²) in [5, 5.41) is 7.14. The first-order chi connectivity index (χ1) is 14.7. The standard InChI is InChI=1S/C24H23N3O3/c1-29-21-11-10-17(16-25-14-12-18-7-5-6-13-26-18)20-15-22(30-23(20)21)24(28)27-19-8-3-2-4-9-19/h2-11,13,15,25H,12,14,16H2,1H3,(H,27,28). The summed E-state index contributed by atoms with van der Waals surface area (Å²) in [7, 11) is 1.59. The molecule has 0 aliphatic rings. The maximum absolute atomic E-state index is 12.6. The lowest BCUT2D eigenvalue weighted by atomic mass is 10.1. The highest BCUT2D eigenvalue weighted by Crippen LogP contribution is 2.32. The van der Waals surface area contributed by atoms with E-state index in [4.69, 9.17) is 9.15 Å². The van der Waals surface area contributed by atoms with Crippen molar-refractivity contribution in [1.29, 1.82) is 0 Å². The molecule has 30 heavy (non-hydrogen) atoms. The zero-order chi connectivity index (χ0) is 20.8. The van der Waals surface area contributed by atoms with Crippen LogP contribution in [0, 0.1) is 0 Å². The third-order valence-electron chi connectivity index (χ3n) is 4.81. The van der Waals surface area contributed by atoms with Gasteiger partial charge in [0.05, 0.1) is 7.11 Å². The van der Waals surface area contributed by atoms with E-state index in [1.165, 1.54) is 0 Å². The third-order valence-corrected chi connectivity index (χ3v) is 4.81. The molecule has 0 atom stereocenters. The van der Waals surface area contributed by atoms with E-state index in [0.717, 1.165) is 29.6 Å². The molecule has 0 bridgehead atoms. The lowest BCUT2D eigenvalue weighted by Crippen LogP contribution is -2.17. The van der Waals surface area contributed by atoms with Crippen LogP contribution in [0.5, 0.6) is 5.75 Å². The van der Waals surface area contributed by atoms with Crippen LogP contribution in [-0.2, 0) is 13.0 Å². The number of nitrogens with zero attached hydrogens (tertiary/aromatic N) is 1. The van der Waals surface area contributed by atoms with Gasteiger partial charge in [-0.3, -0.25) is 9.78 Å². The van der Waals surface area contributed by atoms with E-state index in [-0.39, 0.29) is 11.7 Å². The van der Waals surface area contributed by atoms with Gasteiger partial charge in [-0.05, 0) is 42.0 Å². The minimum Gasteiger partial charge on any atom is -0.493 e.